The standard InChI is InChI=1S/C15H24O2S/c1-12-7-9-15(17-2,10-8-12)14(16)6-5-13-4-3-11-18-13/h3-4,11-12,14,16H,5-10H2,1-2H3. The Labute approximate surface area is 114 Å². The van der Waals surface area contributed by atoms with Gasteiger partial charge in [-0.1, -0.05) is 13.0 Å². The zero-order chi connectivity index (χ0) is 13.0. The van der Waals surface area contributed by atoms with Crippen molar-refractivity contribution in [1.29, 1.82) is 0 Å². The number of aliphatic hydroxyl groups is 1. The van der Waals surface area contributed by atoms with Crippen molar-refractivity contribution in [2.45, 2.75) is 57.2 Å². The Morgan fingerprint density at radius 2 is 2.22 bits per heavy atom. The maximum atomic E-state index is 10.5. The Kier molecular flexibility index (Phi) is 4.82. The van der Waals surface area contributed by atoms with Crippen LogP contribution >= 0.6 is 11.3 Å². The van der Waals surface area contributed by atoms with Crippen LogP contribution in [-0.2, 0) is 11.2 Å². The molecular formula is C15H24O2S. The number of aliphatic hydroxyl groups excluding tert-OH is 1. The highest BCUT2D eigenvalue weighted by atomic mass is 32.1. The van der Waals surface area contributed by atoms with E-state index in [1.54, 1.807) is 18.4 Å². The van der Waals surface area contributed by atoms with Crippen molar-refractivity contribution in [2.75, 3.05) is 7.11 Å². The minimum absolute atomic E-state index is 0.288. The molecule has 0 saturated heterocycles. The molecule has 0 bridgehead atoms. The molecule has 0 radical (unpaired) electrons. The highest BCUT2D eigenvalue weighted by molar-refractivity contribution is 7.09. The predicted octanol–water partition coefficient (Wildman–Crippen LogP) is 3.64. The zero-order valence-electron chi connectivity index (χ0n) is 11.4. The lowest BCUT2D eigenvalue weighted by Gasteiger charge is -2.41. The van der Waals surface area contributed by atoms with Crippen LogP contribution in [0.25, 0.3) is 0 Å². The van der Waals surface area contributed by atoms with Gasteiger partial charge in [-0.2, -0.15) is 0 Å². The fourth-order valence-corrected chi connectivity index (χ4v) is 3.65. The fraction of sp³-hybridized carbons (Fsp3) is 0.733. The van der Waals surface area contributed by atoms with Crippen LogP contribution in [0.5, 0.6) is 0 Å². The first-order chi connectivity index (χ1) is 8.66. The van der Waals surface area contributed by atoms with Crippen molar-refractivity contribution >= 4 is 11.3 Å². The van der Waals surface area contributed by atoms with E-state index >= 15 is 0 Å². The highest BCUT2D eigenvalue weighted by Crippen LogP contribution is 2.38. The van der Waals surface area contributed by atoms with Crippen molar-refractivity contribution in [3.8, 4) is 0 Å². The molecule has 1 unspecified atom stereocenters. The van der Waals surface area contributed by atoms with E-state index in [0.29, 0.717) is 0 Å². The van der Waals surface area contributed by atoms with E-state index in [0.717, 1.165) is 31.6 Å². The maximum absolute atomic E-state index is 10.5. The van der Waals surface area contributed by atoms with Crippen molar-refractivity contribution in [3.05, 3.63) is 22.4 Å². The fourth-order valence-electron chi connectivity index (χ4n) is 2.92. The Morgan fingerprint density at radius 1 is 1.50 bits per heavy atom. The van der Waals surface area contributed by atoms with Crippen LogP contribution in [-0.4, -0.2) is 23.9 Å². The second kappa shape index (κ2) is 6.18. The van der Waals surface area contributed by atoms with Gasteiger partial charge in [-0.25, -0.2) is 0 Å². The minimum Gasteiger partial charge on any atom is -0.390 e. The van der Waals surface area contributed by atoms with Crippen LogP contribution < -0.4 is 0 Å². The van der Waals surface area contributed by atoms with Crippen molar-refractivity contribution in [1.82, 2.24) is 0 Å². The van der Waals surface area contributed by atoms with Gasteiger partial charge in [0.25, 0.3) is 0 Å². The van der Waals surface area contributed by atoms with Gasteiger partial charge in [0, 0.05) is 12.0 Å². The van der Waals surface area contributed by atoms with E-state index in [9.17, 15) is 5.11 Å². The number of ether oxygens (including phenoxy) is 1. The van der Waals surface area contributed by atoms with Gasteiger partial charge in [0.05, 0.1) is 11.7 Å². The number of hydrogen-bond donors (Lipinski definition) is 1. The third kappa shape index (κ3) is 3.14. The topological polar surface area (TPSA) is 29.5 Å². The lowest BCUT2D eigenvalue weighted by Crippen LogP contribution is -2.47. The lowest BCUT2D eigenvalue weighted by molar-refractivity contribution is -0.129. The van der Waals surface area contributed by atoms with Gasteiger partial charge in [-0.05, 0) is 55.9 Å². The number of thiophene rings is 1. The van der Waals surface area contributed by atoms with Crippen LogP contribution in [0.2, 0.25) is 0 Å². The number of aryl methyl sites for hydroxylation is 1. The van der Waals surface area contributed by atoms with Gasteiger partial charge in [0.2, 0.25) is 0 Å². The largest absolute Gasteiger partial charge is 0.390 e. The minimum atomic E-state index is -0.336. The summed E-state index contributed by atoms with van der Waals surface area (Å²) in [4.78, 5) is 1.35. The second-order valence-corrected chi connectivity index (χ2v) is 6.62. The van der Waals surface area contributed by atoms with Crippen molar-refractivity contribution in [3.63, 3.8) is 0 Å². The first-order valence-electron chi connectivity index (χ1n) is 6.92. The SMILES string of the molecule is COC1(C(O)CCc2cccs2)CCC(C)CC1. The van der Waals surface area contributed by atoms with Crippen molar-refractivity contribution < 1.29 is 9.84 Å². The van der Waals surface area contributed by atoms with Gasteiger partial charge in [-0.3, -0.25) is 0 Å². The van der Waals surface area contributed by atoms with Gasteiger partial charge in [0.15, 0.2) is 0 Å². The average Bonchev–Trinajstić information content (AvgIpc) is 2.90. The summed E-state index contributed by atoms with van der Waals surface area (Å²) in [5.74, 6) is 0.776. The molecule has 1 saturated carbocycles. The molecule has 1 aliphatic carbocycles. The lowest BCUT2D eigenvalue weighted by atomic mass is 9.75. The quantitative estimate of drug-likeness (QED) is 0.883. The first kappa shape index (κ1) is 14.0. The number of hydrogen-bond acceptors (Lipinski definition) is 3. The number of rotatable bonds is 5. The van der Waals surface area contributed by atoms with E-state index < -0.39 is 0 Å². The summed E-state index contributed by atoms with van der Waals surface area (Å²) < 4.78 is 5.71. The monoisotopic (exact) mass is 268 g/mol. The molecule has 1 heterocycles. The Morgan fingerprint density at radius 3 is 2.78 bits per heavy atom. The van der Waals surface area contributed by atoms with Crippen LogP contribution in [0, 0.1) is 5.92 Å². The van der Waals surface area contributed by atoms with Gasteiger partial charge in [-0.15, -0.1) is 11.3 Å². The molecule has 2 nitrogen and oxygen atoms in total. The summed E-state index contributed by atoms with van der Waals surface area (Å²) in [7, 11) is 1.75. The average molecular weight is 268 g/mol. The van der Waals surface area contributed by atoms with E-state index in [2.05, 4.69) is 24.4 Å². The predicted molar refractivity (Wildman–Crippen MR) is 76.0 cm³/mol. The van der Waals surface area contributed by atoms with E-state index in [4.69, 9.17) is 4.74 Å². The molecular weight excluding hydrogens is 244 g/mol. The van der Waals surface area contributed by atoms with Crippen molar-refractivity contribution in [2.24, 2.45) is 5.92 Å². The second-order valence-electron chi connectivity index (χ2n) is 5.59. The molecule has 0 spiro atoms. The molecule has 0 aromatic carbocycles. The summed E-state index contributed by atoms with van der Waals surface area (Å²) in [5.41, 5.74) is -0.288. The first-order valence-corrected chi connectivity index (χ1v) is 7.80. The van der Waals surface area contributed by atoms with Crippen LogP contribution in [0.1, 0.15) is 43.9 Å². The molecule has 2 rings (SSSR count). The smallest absolute Gasteiger partial charge is 0.0936 e. The zero-order valence-corrected chi connectivity index (χ0v) is 12.2. The van der Waals surface area contributed by atoms with Crippen LogP contribution in [0.4, 0.5) is 0 Å². The summed E-state index contributed by atoms with van der Waals surface area (Å²) in [6, 6.07) is 4.21. The Balaban J connectivity index is 1.90. The molecule has 1 aromatic rings. The summed E-state index contributed by atoms with van der Waals surface area (Å²) >= 11 is 1.77. The third-order valence-electron chi connectivity index (χ3n) is 4.38. The Bertz CT molecular complexity index is 339. The third-order valence-corrected chi connectivity index (χ3v) is 5.31. The molecule has 1 aliphatic rings. The summed E-state index contributed by atoms with van der Waals surface area (Å²) in [5, 5.41) is 12.6. The van der Waals surface area contributed by atoms with E-state index in [1.807, 2.05) is 0 Å². The van der Waals surface area contributed by atoms with E-state index in [-0.39, 0.29) is 11.7 Å². The molecule has 1 atom stereocenters. The maximum Gasteiger partial charge on any atom is 0.0936 e. The number of methoxy groups -OCH3 is 1. The van der Waals surface area contributed by atoms with Crippen LogP contribution in [0.3, 0.4) is 0 Å². The molecule has 102 valence electrons. The summed E-state index contributed by atoms with van der Waals surface area (Å²) in [6.45, 7) is 2.29. The Hall–Kier alpha value is -0.380. The molecule has 3 heteroatoms. The highest BCUT2D eigenvalue weighted by Gasteiger charge is 2.40. The molecule has 0 amide bonds. The van der Waals surface area contributed by atoms with Gasteiger partial charge in [0.1, 0.15) is 0 Å². The van der Waals surface area contributed by atoms with Crippen LogP contribution in [0.15, 0.2) is 17.5 Å². The summed E-state index contributed by atoms with van der Waals surface area (Å²) in [6.07, 6.45) is 5.76. The molecule has 1 aromatic heterocycles. The molecule has 1 N–H and O–H groups in total. The van der Waals surface area contributed by atoms with Gasteiger partial charge < -0.3 is 9.84 Å². The molecule has 0 aliphatic heterocycles. The molecule has 18 heavy (non-hydrogen) atoms. The molecule has 1 fully saturated rings. The van der Waals surface area contributed by atoms with Gasteiger partial charge >= 0.3 is 0 Å². The normalized spacial score (nSPS) is 30.3. The van der Waals surface area contributed by atoms with E-state index in [1.165, 1.54) is 17.7 Å².